The Bertz CT molecular complexity index is 833. The summed E-state index contributed by atoms with van der Waals surface area (Å²) in [6, 6.07) is 17.3. The molecule has 26 heavy (non-hydrogen) atoms. The van der Waals surface area contributed by atoms with Gasteiger partial charge < -0.3 is 9.80 Å². The number of amides is 1. The molecule has 1 atom stereocenters. The highest BCUT2D eigenvalue weighted by Crippen LogP contribution is 2.16. The molecule has 1 fully saturated rings. The molecule has 0 bridgehead atoms. The van der Waals surface area contributed by atoms with Crippen LogP contribution in [-0.4, -0.2) is 51.4 Å². The summed E-state index contributed by atoms with van der Waals surface area (Å²) in [6.07, 6.45) is 0. The van der Waals surface area contributed by atoms with Gasteiger partial charge in [-0.2, -0.15) is 4.72 Å². The van der Waals surface area contributed by atoms with Crippen LogP contribution < -0.4 is 9.62 Å². The third-order valence-electron chi connectivity index (χ3n) is 4.47. The molecule has 0 radical (unpaired) electrons. The molecular weight excluding hydrogens is 350 g/mol. The van der Waals surface area contributed by atoms with Crippen LogP contribution in [0.4, 0.5) is 5.69 Å². The lowest BCUT2D eigenvalue weighted by molar-refractivity contribution is -0.132. The van der Waals surface area contributed by atoms with E-state index in [-0.39, 0.29) is 10.8 Å². The van der Waals surface area contributed by atoms with Gasteiger partial charge in [0.05, 0.1) is 10.9 Å². The molecule has 138 valence electrons. The van der Waals surface area contributed by atoms with E-state index in [1.165, 1.54) is 12.1 Å². The summed E-state index contributed by atoms with van der Waals surface area (Å²) < 4.78 is 27.2. The van der Waals surface area contributed by atoms with Crippen LogP contribution in [0.15, 0.2) is 65.6 Å². The van der Waals surface area contributed by atoms with Crippen molar-refractivity contribution in [2.24, 2.45) is 0 Å². The molecule has 1 amide bonds. The topological polar surface area (TPSA) is 69.7 Å². The molecule has 2 aromatic carbocycles. The van der Waals surface area contributed by atoms with Crippen LogP contribution in [0.25, 0.3) is 0 Å². The Balaban J connectivity index is 1.58. The van der Waals surface area contributed by atoms with E-state index in [0.29, 0.717) is 13.1 Å². The predicted octanol–water partition coefficient (Wildman–Crippen LogP) is 1.70. The average molecular weight is 373 g/mol. The number of sulfonamides is 1. The predicted molar refractivity (Wildman–Crippen MR) is 101 cm³/mol. The number of anilines is 1. The molecule has 7 heteroatoms. The normalized spacial score (nSPS) is 16.3. The minimum absolute atomic E-state index is 0.161. The Morgan fingerprint density at radius 3 is 2.04 bits per heavy atom. The van der Waals surface area contributed by atoms with E-state index in [2.05, 4.69) is 9.62 Å². The Morgan fingerprint density at radius 2 is 1.46 bits per heavy atom. The second-order valence-corrected chi connectivity index (χ2v) is 8.02. The number of hydrogen-bond acceptors (Lipinski definition) is 4. The molecule has 3 rings (SSSR count). The zero-order chi connectivity index (χ0) is 18.6. The highest BCUT2D eigenvalue weighted by Gasteiger charge is 2.28. The number of carbonyl (C=O) groups excluding carboxylic acids is 1. The molecule has 6 nitrogen and oxygen atoms in total. The van der Waals surface area contributed by atoms with Gasteiger partial charge in [0.1, 0.15) is 0 Å². The quantitative estimate of drug-likeness (QED) is 0.866. The van der Waals surface area contributed by atoms with Crippen LogP contribution in [0.2, 0.25) is 0 Å². The molecule has 1 heterocycles. The number of rotatable bonds is 5. The summed E-state index contributed by atoms with van der Waals surface area (Å²) in [5.74, 6) is -0.197. The van der Waals surface area contributed by atoms with Crippen LogP contribution in [0.1, 0.15) is 6.92 Å². The lowest BCUT2D eigenvalue weighted by Gasteiger charge is -2.37. The maximum Gasteiger partial charge on any atom is 0.241 e. The zero-order valence-corrected chi connectivity index (χ0v) is 15.5. The van der Waals surface area contributed by atoms with E-state index in [0.717, 1.165) is 18.8 Å². The van der Waals surface area contributed by atoms with E-state index in [1.54, 1.807) is 30.0 Å². The van der Waals surface area contributed by atoms with E-state index in [1.807, 2.05) is 30.3 Å². The first-order chi connectivity index (χ1) is 12.5. The maximum atomic E-state index is 12.6. The zero-order valence-electron chi connectivity index (χ0n) is 14.7. The molecule has 1 aliphatic heterocycles. The minimum Gasteiger partial charge on any atom is -0.368 e. The van der Waals surface area contributed by atoms with Gasteiger partial charge in [-0.15, -0.1) is 0 Å². The number of nitrogens with zero attached hydrogens (tertiary/aromatic N) is 2. The van der Waals surface area contributed by atoms with Crippen molar-refractivity contribution in [1.29, 1.82) is 0 Å². The number of carbonyl (C=O) groups is 1. The number of piperazine rings is 1. The van der Waals surface area contributed by atoms with Gasteiger partial charge in [-0.05, 0) is 31.2 Å². The summed E-state index contributed by atoms with van der Waals surface area (Å²) >= 11 is 0. The molecule has 1 N–H and O–H groups in total. The van der Waals surface area contributed by atoms with Gasteiger partial charge in [-0.25, -0.2) is 8.42 Å². The summed E-state index contributed by atoms with van der Waals surface area (Å²) in [7, 11) is -3.70. The third-order valence-corrected chi connectivity index (χ3v) is 6.03. The maximum absolute atomic E-state index is 12.6. The molecule has 0 aromatic heterocycles. The minimum atomic E-state index is -3.70. The van der Waals surface area contributed by atoms with Crippen LogP contribution in [0.5, 0.6) is 0 Å². The fourth-order valence-electron chi connectivity index (χ4n) is 3.05. The standard InChI is InChI=1S/C19H23N3O3S/c1-16(20-26(24,25)18-10-6-3-7-11-18)19(23)22-14-12-21(13-15-22)17-8-4-2-5-9-17/h2-11,16,20H,12-15H2,1H3/t16-/m1/s1. The van der Waals surface area contributed by atoms with Gasteiger partial charge in [0.25, 0.3) is 0 Å². The highest BCUT2D eigenvalue weighted by atomic mass is 32.2. The van der Waals surface area contributed by atoms with Gasteiger partial charge in [0.15, 0.2) is 0 Å². The summed E-state index contributed by atoms with van der Waals surface area (Å²) in [5, 5.41) is 0. The van der Waals surface area contributed by atoms with Crippen molar-refractivity contribution in [3.05, 3.63) is 60.7 Å². The number of para-hydroxylation sites is 1. The van der Waals surface area contributed by atoms with Crippen LogP contribution in [0.3, 0.4) is 0 Å². The van der Waals surface area contributed by atoms with E-state index in [4.69, 9.17) is 0 Å². The van der Waals surface area contributed by atoms with E-state index in [9.17, 15) is 13.2 Å². The molecular formula is C19H23N3O3S. The molecule has 0 saturated carbocycles. The molecule has 0 spiro atoms. The van der Waals surface area contributed by atoms with Gasteiger partial charge in [0.2, 0.25) is 15.9 Å². The Labute approximate surface area is 154 Å². The van der Waals surface area contributed by atoms with Gasteiger partial charge in [-0.3, -0.25) is 4.79 Å². The van der Waals surface area contributed by atoms with Crippen LogP contribution >= 0.6 is 0 Å². The van der Waals surface area contributed by atoms with Crippen molar-refractivity contribution < 1.29 is 13.2 Å². The van der Waals surface area contributed by atoms with Crippen LogP contribution in [-0.2, 0) is 14.8 Å². The molecule has 0 unspecified atom stereocenters. The van der Waals surface area contributed by atoms with E-state index < -0.39 is 16.1 Å². The fourth-order valence-corrected chi connectivity index (χ4v) is 4.27. The summed E-state index contributed by atoms with van der Waals surface area (Å²) in [6.45, 7) is 4.20. The molecule has 1 aliphatic rings. The van der Waals surface area contributed by atoms with Crippen molar-refractivity contribution in [2.75, 3.05) is 31.1 Å². The fraction of sp³-hybridized carbons (Fsp3) is 0.316. The monoisotopic (exact) mass is 373 g/mol. The van der Waals surface area contributed by atoms with Crippen molar-refractivity contribution in [1.82, 2.24) is 9.62 Å². The van der Waals surface area contributed by atoms with Gasteiger partial charge >= 0.3 is 0 Å². The SMILES string of the molecule is C[C@@H](NS(=O)(=O)c1ccccc1)C(=O)N1CCN(c2ccccc2)CC1. The number of hydrogen-bond donors (Lipinski definition) is 1. The van der Waals surface area contributed by atoms with E-state index >= 15 is 0 Å². The second kappa shape index (κ2) is 7.88. The Hall–Kier alpha value is -2.38. The first-order valence-electron chi connectivity index (χ1n) is 8.63. The summed E-state index contributed by atoms with van der Waals surface area (Å²) in [5.41, 5.74) is 1.14. The highest BCUT2D eigenvalue weighted by molar-refractivity contribution is 7.89. The summed E-state index contributed by atoms with van der Waals surface area (Å²) in [4.78, 5) is 16.7. The van der Waals surface area contributed by atoms with Gasteiger partial charge in [0, 0.05) is 31.9 Å². The Kier molecular flexibility index (Phi) is 5.58. The largest absolute Gasteiger partial charge is 0.368 e. The number of nitrogens with one attached hydrogen (secondary N) is 1. The first kappa shape index (κ1) is 18.4. The van der Waals surface area contributed by atoms with Crippen molar-refractivity contribution in [3.63, 3.8) is 0 Å². The lowest BCUT2D eigenvalue weighted by atomic mass is 10.2. The average Bonchev–Trinajstić information content (AvgIpc) is 2.68. The van der Waals surface area contributed by atoms with Crippen molar-refractivity contribution in [2.45, 2.75) is 17.9 Å². The number of benzene rings is 2. The van der Waals surface area contributed by atoms with Crippen LogP contribution in [0, 0.1) is 0 Å². The smallest absolute Gasteiger partial charge is 0.241 e. The Morgan fingerprint density at radius 1 is 0.923 bits per heavy atom. The van der Waals surface area contributed by atoms with Gasteiger partial charge in [-0.1, -0.05) is 36.4 Å². The molecule has 1 saturated heterocycles. The van der Waals surface area contributed by atoms with Crippen molar-refractivity contribution in [3.8, 4) is 0 Å². The third kappa shape index (κ3) is 4.23. The second-order valence-electron chi connectivity index (χ2n) is 6.30. The molecule has 2 aromatic rings. The first-order valence-corrected chi connectivity index (χ1v) is 10.1. The lowest BCUT2D eigenvalue weighted by Crippen LogP contribution is -2.54. The van der Waals surface area contributed by atoms with Crippen molar-refractivity contribution >= 4 is 21.6 Å². The molecule has 0 aliphatic carbocycles.